The van der Waals surface area contributed by atoms with E-state index in [2.05, 4.69) is 5.32 Å². The molecule has 1 atom stereocenters. The summed E-state index contributed by atoms with van der Waals surface area (Å²) < 4.78 is 31.3. The molecule has 186 valence electrons. The third-order valence-corrected chi connectivity index (χ3v) is 6.26. The second kappa shape index (κ2) is 11.4. The Labute approximate surface area is 202 Å². The number of para-hydroxylation sites is 1. The molecule has 2 aromatic carbocycles. The van der Waals surface area contributed by atoms with Crippen LogP contribution in [0, 0.1) is 0 Å². The summed E-state index contributed by atoms with van der Waals surface area (Å²) in [6.45, 7) is 7.16. The lowest BCUT2D eigenvalue weighted by Crippen LogP contribution is -2.55. The van der Waals surface area contributed by atoms with Gasteiger partial charge in [0.05, 0.1) is 19.1 Å². The van der Waals surface area contributed by atoms with Gasteiger partial charge in [0.15, 0.2) is 0 Å². The number of ether oxygens (including phenoxy) is 1. The number of anilines is 1. The first-order valence-electron chi connectivity index (χ1n) is 11.1. The van der Waals surface area contributed by atoms with Crippen LogP contribution in [0.5, 0.6) is 5.75 Å². The van der Waals surface area contributed by atoms with Gasteiger partial charge in [-0.15, -0.1) is 0 Å². The number of carbonyl (C=O) groups excluding carboxylic acids is 2. The SMILES string of the molecule is CC[C@@H](C(=O)NC(C)(C)C)N(Cc1ccc(OC)cc1)C(=O)CN(c1ccccc1)S(C)(=O)=O. The van der Waals surface area contributed by atoms with E-state index < -0.39 is 34.1 Å². The molecule has 0 aliphatic heterocycles. The number of rotatable bonds is 10. The van der Waals surface area contributed by atoms with Crippen molar-refractivity contribution in [2.24, 2.45) is 0 Å². The number of carbonyl (C=O) groups is 2. The van der Waals surface area contributed by atoms with E-state index in [1.54, 1.807) is 49.6 Å². The van der Waals surface area contributed by atoms with E-state index in [1.807, 2.05) is 39.8 Å². The second-order valence-corrected chi connectivity index (χ2v) is 11.0. The molecule has 0 spiro atoms. The lowest BCUT2D eigenvalue weighted by molar-refractivity contribution is -0.141. The molecule has 1 N–H and O–H groups in total. The molecule has 0 aliphatic carbocycles. The quantitative estimate of drug-likeness (QED) is 0.553. The van der Waals surface area contributed by atoms with Crippen LogP contribution < -0.4 is 14.4 Å². The van der Waals surface area contributed by atoms with E-state index in [1.165, 1.54) is 4.90 Å². The van der Waals surface area contributed by atoms with Crippen molar-refractivity contribution < 1.29 is 22.7 Å². The van der Waals surface area contributed by atoms with Crippen molar-refractivity contribution in [2.75, 3.05) is 24.2 Å². The second-order valence-electron chi connectivity index (χ2n) is 9.14. The van der Waals surface area contributed by atoms with Gasteiger partial charge in [0, 0.05) is 12.1 Å². The topological polar surface area (TPSA) is 96.0 Å². The van der Waals surface area contributed by atoms with Crippen LogP contribution in [0.2, 0.25) is 0 Å². The van der Waals surface area contributed by atoms with Crippen LogP contribution in [0.4, 0.5) is 5.69 Å². The summed E-state index contributed by atoms with van der Waals surface area (Å²) >= 11 is 0. The monoisotopic (exact) mass is 489 g/mol. The highest BCUT2D eigenvalue weighted by Gasteiger charge is 2.33. The van der Waals surface area contributed by atoms with Crippen LogP contribution in [0.3, 0.4) is 0 Å². The normalized spacial score (nSPS) is 12.5. The predicted molar refractivity (Wildman–Crippen MR) is 134 cm³/mol. The number of sulfonamides is 1. The molecule has 2 rings (SSSR count). The van der Waals surface area contributed by atoms with Gasteiger partial charge in [-0.3, -0.25) is 13.9 Å². The van der Waals surface area contributed by atoms with E-state index in [4.69, 9.17) is 4.74 Å². The first kappa shape index (κ1) is 27.2. The first-order valence-corrected chi connectivity index (χ1v) is 13.0. The summed E-state index contributed by atoms with van der Waals surface area (Å²) in [5, 5.41) is 2.94. The average molecular weight is 490 g/mol. The van der Waals surface area contributed by atoms with Gasteiger partial charge >= 0.3 is 0 Å². The van der Waals surface area contributed by atoms with Crippen molar-refractivity contribution in [3.05, 3.63) is 60.2 Å². The maximum Gasteiger partial charge on any atom is 0.244 e. The Morgan fingerprint density at radius 3 is 2.09 bits per heavy atom. The summed E-state index contributed by atoms with van der Waals surface area (Å²) in [7, 11) is -2.17. The fourth-order valence-corrected chi connectivity index (χ4v) is 4.36. The Balaban J connectivity index is 2.42. The molecule has 8 nitrogen and oxygen atoms in total. The van der Waals surface area contributed by atoms with Gasteiger partial charge in [0.25, 0.3) is 0 Å². The summed E-state index contributed by atoms with van der Waals surface area (Å²) in [5.74, 6) is -0.0880. The molecule has 34 heavy (non-hydrogen) atoms. The number of methoxy groups -OCH3 is 1. The van der Waals surface area contributed by atoms with Gasteiger partial charge in [-0.2, -0.15) is 0 Å². The number of hydrogen-bond donors (Lipinski definition) is 1. The van der Waals surface area contributed by atoms with Crippen LogP contribution in [0.1, 0.15) is 39.7 Å². The smallest absolute Gasteiger partial charge is 0.244 e. The number of amides is 2. The summed E-state index contributed by atoms with van der Waals surface area (Å²) in [6, 6.07) is 14.9. The Bertz CT molecular complexity index is 1060. The van der Waals surface area contributed by atoms with E-state index in [9.17, 15) is 18.0 Å². The van der Waals surface area contributed by atoms with Gasteiger partial charge in [-0.25, -0.2) is 8.42 Å². The number of nitrogens with one attached hydrogen (secondary N) is 1. The molecule has 0 heterocycles. The third-order valence-electron chi connectivity index (χ3n) is 5.12. The van der Waals surface area contributed by atoms with E-state index in [0.29, 0.717) is 17.9 Å². The fraction of sp³-hybridized carbons (Fsp3) is 0.440. The lowest BCUT2D eigenvalue weighted by atomic mass is 10.1. The van der Waals surface area contributed by atoms with E-state index in [-0.39, 0.29) is 12.5 Å². The Hall–Kier alpha value is -3.07. The zero-order chi connectivity index (χ0) is 25.5. The molecule has 0 unspecified atom stereocenters. The minimum Gasteiger partial charge on any atom is -0.497 e. The number of benzene rings is 2. The maximum absolute atomic E-state index is 13.6. The molecule has 0 fully saturated rings. The summed E-state index contributed by atoms with van der Waals surface area (Å²) in [4.78, 5) is 28.2. The molecule has 2 aromatic rings. The van der Waals surface area contributed by atoms with E-state index >= 15 is 0 Å². The zero-order valence-corrected chi connectivity index (χ0v) is 21.6. The minimum atomic E-state index is -3.74. The Morgan fingerprint density at radius 2 is 1.62 bits per heavy atom. The number of hydrogen-bond acceptors (Lipinski definition) is 5. The van der Waals surface area contributed by atoms with Gasteiger partial charge in [0.1, 0.15) is 18.3 Å². The lowest BCUT2D eigenvalue weighted by Gasteiger charge is -2.34. The predicted octanol–water partition coefficient (Wildman–Crippen LogP) is 3.18. The summed E-state index contributed by atoms with van der Waals surface area (Å²) in [6.07, 6.45) is 1.43. The van der Waals surface area contributed by atoms with Gasteiger partial charge < -0.3 is 15.0 Å². The average Bonchev–Trinajstić information content (AvgIpc) is 2.76. The molecule has 0 saturated heterocycles. The van der Waals surface area contributed by atoms with Crippen LogP contribution >= 0.6 is 0 Å². The van der Waals surface area contributed by atoms with Crippen molar-refractivity contribution in [3.63, 3.8) is 0 Å². The number of nitrogens with zero attached hydrogens (tertiary/aromatic N) is 2. The molecule has 0 saturated carbocycles. The standard InChI is InChI=1S/C25H35N3O5S/c1-7-22(24(30)26-25(2,3)4)27(17-19-13-15-21(33-5)16-14-19)23(29)18-28(34(6,31)32)20-11-9-8-10-12-20/h8-16,22H,7,17-18H2,1-6H3,(H,26,30)/t22-/m0/s1. The molecule has 0 bridgehead atoms. The van der Waals surface area contributed by atoms with Crippen LogP contribution in [-0.2, 0) is 26.2 Å². The molecule has 0 radical (unpaired) electrons. The van der Waals surface area contributed by atoms with Crippen molar-refractivity contribution in [1.29, 1.82) is 0 Å². The molecule has 0 aliphatic rings. The third kappa shape index (κ3) is 7.76. The highest BCUT2D eigenvalue weighted by atomic mass is 32.2. The van der Waals surface area contributed by atoms with Crippen molar-refractivity contribution in [2.45, 2.75) is 52.2 Å². The summed E-state index contributed by atoms with van der Waals surface area (Å²) in [5.41, 5.74) is 0.694. The highest BCUT2D eigenvalue weighted by Crippen LogP contribution is 2.20. The van der Waals surface area contributed by atoms with Crippen LogP contribution in [0.15, 0.2) is 54.6 Å². The van der Waals surface area contributed by atoms with Crippen molar-refractivity contribution in [1.82, 2.24) is 10.2 Å². The zero-order valence-electron chi connectivity index (χ0n) is 20.7. The Kier molecular flexibility index (Phi) is 9.09. The molecule has 2 amide bonds. The van der Waals surface area contributed by atoms with Crippen molar-refractivity contribution >= 4 is 27.5 Å². The maximum atomic E-state index is 13.6. The molecular weight excluding hydrogens is 454 g/mol. The van der Waals surface area contributed by atoms with Crippen molar-refractivity contribution in [3.8, 4) is 5.75 Å². The van der Waals surface area contributed by atoms with Gasteiger partial charge in [-0.05, 0) is 57.0 Å². The molecule has 9 heteroatoms. The molecular formula is C25H35N3O5S. The largest absolute Gasteiger partial charge is 0.497 e. The minimum absolute atomic E-state index is 0.144. The van der Waals surface area contributed by atoms with Gasteiger partial charge in [0.2, 0.25) is 21.8 Å². The molecule has 0 aromatic heterocycles. The van der Waals surface area contributed by atoms with Crippen LogP contribution in [-0.4, -0.2) is 56.6 Å². The first-order chi connectivity index (χ1) is 15.9. The Morgan fingerprint density at radius 1 is 1.03 bits per heavy atom. The van der Waals surface area contributed by atoms with Gasteiger partial charge in [-0.1, -0.05) is 37.3 Å². The fourth-order valence-electron chi connectivity index (χ4n) is 3.51. The van der Waals surface area contributed by atoms with Crippen LogP contribution in [0.25, 0.3) is 0 Å². The highest BCUT2D eigenvalue weighted by molar-refractivity contribution is 7.92. The van der Waals surface area contributed by atoms with E-state index in [0.717, 1.165) is 16.1 Å².